The number of furan rings is 1. The van der Waals surface area contributed by atoms with Crippen LogP contribution in [0.5, 0.6) is 0 Å². The lowest BCUT2D eigenvalue weighted by atomic mass is 10.4. The van der Waals surface area contributed by atoms with Gasteiger partial charge in [-0.05, 0) is 12.1 Å². The number of hydrogen-bond donors (Lipinski definition) is 1. The Labute approximate surface area is 73.6 Å². The van der Waals surface area contributed by atoms with E-state index in [9.17, 15) is 0 Å². The van der Waals surface area contributed by atoms with E-state index < -0.39 is 0 Å². The Kier molecular flexibility index (Phi) is 2.04. The predicted octanol–water partition coefficient (Wildman–Crippen LogP) is 1.74. The maximum atomic E-state index is 5.12. The van der Waals surface area contributed by atoms with Gasteiger partial charge in [0.1, 0.15) is 5.76 Å². The summed E-state index contributed by atoms with van der Waals surface area (Å²) in [6, 6.07) is 3.77. The van der Waals surface area contributed by atoms with Gasteiger partial charge < -0.3 is 9.73 Å². The second-order valence-electron chi connectivity index (χ2n) is 2.23. The number of nitrogens with zero attached hydrogens (tertiary/aromatic N) is 2. The number of anilines is 1. The molecule has 0 spiro atoms. The zero-order valence-electron chi connectivity index (χ0n) is 6.23. The van der Waals surface area contributed by atoms with Gasteiger partial charge in [-0.3, -0.25) is 0 Å². The van der Waals surface area contributed by atoms with Gasteiger partial charge >= 0.3 is 0 Å². The third-order valence-corrected chi connectivity index (χ3v) is 1.86. The number of aromatic nitrogens is 2. The van der Waals surface area contributed by atoms with E-state index in [1.807, 2.05) is 12.1 Å². The van der Waals surface area contributed by atoms with E-state index in [4.69, 9.17) is 4.42 Å². The quantitative estimate of drug-likeness (QED) is 0.783. The summed E-state index contributed by atoms with van der Waals surface area (Å²) >= 11 is 1.18. The second kappa shape index (κ2) is 3.36. The first-order valence-corrected chi connectivity index (χ1v) is 4.22. The van der Waals surface area contributed by atoms with Crippen LogP contribution in [-0.2, 0) is 6.54 Å². The predicted molar refractivity (Wildman–Crippen MR) is 45.9 cm³/mol. The highest BCUT2D eigenvalue weighted by molar-refractivity contribution is 6.99. The van der Waals surface area contributed by atoms with Gasteiger partial charge in [0.15, 0.2) is 5.82 Å². The fourth-order valence-corrected chi connectivity index (χ4v) is 1.23. The first kappa shape index (κ1) is 7.30. The molecule has 0 aliphatic carbocycles. The molecule has 2 aromatic rings. The minimum absolute atomic E-state index is 0.651. The summed E-state index contributed by atoms with van der Waals surface area (Å²) in [6.07, 6.45) is 3.34. The van der Waals surface area contributed by atoms with E-state index in [0.717, 1.165) is 11.6 Å². The molecule has 0 saturated carbocycles. The van der Waals surface area contributed by atoms with E-state index in [1.165, 1.54) is 11.7 Å². The molecule has 2 aromatic heterocycles. The Morgan fingerprint density at radius 1 is 1.58 bits per heavy atom. The van der Waals surface area contributed by atoms with Crippen molar-refractivity contribution in [3.05, 3.63) is 30.4 Å². The molecule has 0 amide bonds. The normalized spacial score (nSPS) is 10.0. The topological polar surface area (TPSA) is 51.0 Å². The molecule has 0 aromatic carbocycles. The van der Waals surface area contributed by atoms with Crippen LogP contribution in [0.3, 0.4) is 0 Å². The smallest absolute Gasteiger partial charge is 0.160 e. The van der Waals surface area contributed by atoms with Crippen molar-refractivity contribution in [1.82, 2.24) is 8.75 Å². The number of nitrogens with one attached hydrogen (secondary N) is 1. The van der Waals surface area contributed by atoms with Crippen molar-refractivity contribution < 1.29 is 4.42 Å². The maximum Gasteiger partial charge on any atom is 0.160 e. The van der Waals surface area contributed by atoms with Crippen LogP contribution < -0.4 is 5.32 Å². The van der Waals surface area contributed by atoms with Crippen molar-refractivity contribution in [2.75, 3.05) is 5.32 Å². The second-order valence-corrected chi connectivity index (χ2v) is 2.78. The molecule has 2 heterocycles. The summed E-state index contributed by atoms with van der Waals surface area (Å²) in [6.45, 7) is 0.651. The average Bonchev–Trinajstić information content (AvgIpc) is 2.74. The molecule has 0 unspecified atom stereocenters. The maximum absolute atomic E-state index is 5.12. The third-order valence-electron chi connectivity index (χ3n) is 1.39. The molecule has 0 aliphatic heterocycles. The van der Waals surface area contributed by atoms with Crippen LogP contribution in [0.25, 0.3) is 0 Å². The molecule has 5 heteroatoms. The highest BCUT2D eigenvalue weighted by Gasteiger charge is 1.96. The van der Waals surface area contributed by atoms with Crippen LogP contribution in [0.15, 0.2) is 29.0 Å². The number of rotatable bonds is 3. The zero-order valence-corrected chi connectivity index (χ0v) is 7.04. The molecule has 0 saturated heterocycles. The van der Waals surface area contributed by atoms with E-state index in [1.54, 1.807) is 12.5 Å². The van der Waals surface area contributed by atoms with Crippen LogP contribution in [-0.4, -0.2) is 8.75 Å². The van der Waals surface area contributed by atoms with Crippen molar-refractivity contribution >= 4 is 17.5 Å². The lowest BCUT2D eigenvalue weighted by molar-refractivity contribution is 0.518. The molecule has 0 fully saturated rings. The summed E-state index contributed by atoms with van der Waals surface area (Å²) < 4.78 is 13.0. The minimum atomic E-state index is 0.651. The first-order chi connectivity index (χ1) is 5.95. The molecule has 0 radical (unpaired) electrons. The van der Waals surface area contributed by atoms with Crippen molar-refractivity contribution in [3.8, 4) is 0 Å². The fraction of sp³-hybridized carbons (Fsp3) is 0.143. The highest BCUT2D eigenvalue weighted by Crippen LogP contribution is 2.05. The van der Waals surface area contributed by atoms with E-state index >= 15 is 0 Å². The first-order valence-electron chi connectivity index (χ1n) is 3.49. The molecule has 0 bridgehead atoms. The lowest BCUT2D eigenvalue weighted by Gasteiger charge is -1.96. The van der Waals surface area contributed by atoms with Gasteiger partial charge in [-0.1, -0.05) is 0 Å². The molecule has 0 atom stereocenters. The van der Waals surface area contributed by atoms with Gasteiger partial charge in [-0.25, -0.2) is 0 Å². The van der Waals surface area contributed by atoms with Crippen molar-refractivity contribution in [1.29, 1.82) is 0 Å². The molecule has 12 heavy (non-hydrogen) atoms. The largest absolute Gasteiger partial charge is 0.467 e. The van der Waals surface area contributed by atoms with Gasteiger partial charge in [0, 0.05) is 0 Å². The Bertz CT molecular complexity index is 282. The van der Waals surface area contributed by atoms with Gasteiger partial charge in [0.2, 0.25) is 0 Å². The van der Waals surface area contributed by atoms with Crippen LogP contribution in [0.4, 0.5) is 5.82 Å². The molecule has 4 nitrogen and oxygen atoms in total. The summed E-state index contributed by atoms with van der Waals surface area (Å²) in [5.41, 5.74) is 0. The molecular formula is C7H7N3OS. The highest BCUT2D eigenvalue weighted by atomic mass is 32.1. The van der Waals surface area contributed by atoms with Gasteiger partial charge in [-0.15, -0.1) is 0 Å². The van der Waals surface area contributed by atoms with Crippen LogP contribution in [0, 0.1) is 0 Å². The standard InChI is InChI=1S/C7H7N3OS/c1-2-6(11-3-1)4-8-7-5-9-12-10-7/h1-3,5H,4H2,(H,8,10). The van der Waals surface area contributed by atoms with Crippen molar-refractivity contribution in [2.24, 2.45) is 0 Å². The molecule has 2 rings (SSSR count). The van der Waals surface area contributed by atoms with E-state index in [-0.39, 0.29) is 0 Å². The zero-order chi connectivity index (χ0) is 8.23. The molecule has 62 valence electrons. The Morgan fingerprint density at radius 3 is 3.25 bits per heavy atom. The lowest BCUT2D eigenvalue weighted by Crippen LogP contribution is -1.97. The van der Waals surface area contributed by atoms with Gasteiger partial charge in [0.25, 0.3) is 0 Å². The monoisotopic (exact) mass is 181 g/mol. The summed E-state index contributed by atoms with van der Waals surface area (Å²) in [5.74, 6) is 1.68. The Morgan fingerprint density at radius 2 is 2.58 bits per heavy atom. The van der Waals surface area contributed by atoms with Crippen LogP contribution >= 0.6 is 11.7 Å². The average molecular weight is 181 g/mol. The third kappa shape index (κ3) is 1.62. The van der Waals surface area contributed by atoms with Crippen molar-refractivity contribution in [2.45, 2.75) is 6.54 Å². The van der Waals surface area contributed by atoms with Crippen LogP contribution in [0.1, 0.15) is 5.76 Å². The summed E-state index contributed by atoms with van der Waals surface area (Å²) in [5, 5.41) is 3.07. The number of hydrogen-bond acceptors (Lipinski definition) is 5. The van der Waals surface area contributed by atoms with Gasteiger partial charge in [-0.2, -0.15) is 8.75 Å². The molecular weight excluding hydrogens is 174 g/mol. The Balaban J connectivity index is 1.91. The SMILES string of the molecule is c1coc(CNc2cnsn2)c1. The minimum Gasteiger partial charge on any atom is -0.467 e. The van der Waals surface area contributed by atoms with Crippen molar-refractivity contribution in [3.63, 3.8) is 0 Å². The molecule has 0 aliphatic rings. The van der Waals surface area contributed by atoms with E-state index in [0.29, 0.717) is 6.54 Å². The summed E-state index contributed by atoms with van der Waals surface area (Å²) in [4.78, 5) is 0. The van der Waals surface area contributed by atoms with E-state index in [2.05, 4.69) is 14.1 Å². The fourth-order valence-electron chi connectivity index (χ4n) is 0.833. The van der Waals surface area contributed by atoms with Crippen LogP contribution in [0.2, 0.25) is 0 Å². The van der Waals surface area contributed by atoms with Gasteiger partial charge in [0.05, 0.1) is 30.7 Å². The molecule has 1 N–H and O–H groups in total. The Hall–Kier alpha value is -1.36. The summed E-state index contributed by atoms with van der Waals surface area (Å²) in [7, 11) is 0.